The molecular weight excluding hydrogens is 217 g/mol. The van der Waals surface area contributed by atoms with Crippen molar-refractivity contribution in [1.29, 1.82) is 0 Å². The lowest BCUT2D eigenvalue weighted by atomic mass is 10.4. The maximum Gasteiger partial charge on any atom is 0.0853 e. The maximum atomic E-state index is 8.62. The third-order valence-electron chi connectivity index (χ3n) is 1.03. The van der Waals surface area contributed by atoms with Crippen molar-refractivity contribution in [1.82, 2.24) is 4.98 Å². The summed E-state index contributed by atoms with van der Waals surface area (Å²) in [4.78, 5) is 3.88. The molecule has 0 saturated carbocycles. The molecule has 0 aliphatic heterocycles. The van der Waals surface area contributed by atoms with E-state index in [4.69, 9.17) is 16.7 Å². The number of nitrogens with zero attached hydrogens (tertiary/aromatic N) is 1. The van der Waals surface area contributed by atoms with Gasteiger partial charge in [-0.2, -0.15) is 0 Å². The summed E-state index contributed by atoms with van der Waals surface area (Å²) in [5.74, 6) is 0. The van der Waals surface area contributed by atoms with E-state index in [2.05, 4.69) is 20.9 Å². The minimum absolute atomic E-state index is 0.0764. The summed E-state index contributed by atoms with van der Waals surface area (Å²) in [5.41, 5.74) is 0.577. The first kappa shape index (κ1) is 7.98. The smallest absolute Gasteiger partial charge is 0.0853 e. The number of hydrogen-bond donors (Lipinski definition) is 1. The van der Waals surface area contributed by atoms with Crippen LogP contribution in [0.5, 0.6) is 0 Å². The topological polar surface area (TPSA) is 33.1 Å². The van der Waals surface area contributed by atoms with Crippen molar-refractivity contribution >= 4 is 27.5 Å². The van der Waals surface area contributed by atoms with E-state index in [0.29, 0.717) is 10.7 Å². The minimum atomic E-state index is -0.0764. The van der Waals surface area contributed by atoms with Crippen LogP contribution >= 0.6 is 27.5 Å². The fraction of sp³-hybridized carbons (Fsp3) is 0.167. The molecule has 0 spiro atoms. The number of aliphatic hydroxyl groups is 1. The molecule has 0 radical (unpaired) electrons. The average molecular weight is 222 g/mol. The lowest BCUT2D eigenvalue weighted by Crippen LogP contribution is -1.87. The Bertz CT molecular complexity index is 241. The van der Waals surface area contributed by atoms with Gasteiger partial charge in [0.15, 0.2) is 0 Å². The van der Waals surface area contributed by atoms with Crippen molar-refractivity contribution in [3.8, 4) is 0 Å². The van der Waals surface area contributed by atoms with Gasteiger partial charge in [-0.1, -0.05) is 11.6 Å². The highest BCUT2D eigenvalue weighted by atomic mass is 79.9. The first-order chi connectivity index (χ1) is 4.74. The Labute approximate surface area is 72.0 Å². The van der Waals surface area contributed by atoms with Crippen LogP contribution in [0.3, 0.4) is 0 Å². The number of rotatable bonds is 1. The molecule has 0 aliphatic carbocycles. The molecule has 4 heteroatoms. The van der Waals surface area contributed by atoms with E-state index in [1.807, 2.05) is 0 Å². The van der Waals surface area contributed by atoms with Crippen LogP contribution in [0.25, 0.3) is 0 Å². The van der Waals surface area contributed by atoms with Gasteiger partial charge in [0.2, 0.25) is 0 Å². The number of hydrogen-bond acceptors (Lipinski definition) is 2. The van der Waals surface area contributed by atoms with Crippen molar-refractivity contribution < 1.29 is 5.11 Å². The summed E-state index contributed by atoms with van der Waals surface area (Å²) in [6, 6.07) is 1.62. The Morgan fingerprint density at radius 3 is 2.90 bits per heavy atom. The average Bonchev–Trinajstić information content (AvgIpc) is 1.95. The summed E-state index contributed by atoms with van der Waals surface area (Å²) in [7, 11) is 0. The largest absolute Gasteiger partial charge is 0.390 e. The molecule has 0 unspecified atom stereocenters. The van der Waals surface area contributed by atoms with Gasteiger partial charge < -0.3 is 5.11 Å². The number of halogens is 2. The second-order valence-corrected chi connectivity index (χ2v) is 3.01. The molecule has 0 fully saturated rings. The number of aromatic nitrogens is 1. The molecule has 0 bridgehead atoms. The van der Waals surface area contributed by atoms with Crippen molar-refractivity contribution in [2.24, 2.45) is 0 Å². The summed E-state index contributed by atoms with van der Waals surface area (Å²) < 4.78 is 0.742. The summed E-state index contributed by atoms with van der Waals surface area (Å²) in [6.07, 6.45) is 1.56. The van der Waals surface area contributed by atoms with Crippen LogP contribution in [-0.2, 0) is 6.61 Å². The zero-order valence-electron chi connectivity index (χ0n) is 5.01. The van der Waals surface area contributed by atoms with Gasteiger partial charge in [0.25, 0.3) is 0 Å². The summed E-state index contributed by atoms with van der Waals surface area (Å²) in [5, 5.41) is 9.19. The highest BCUT2D eigenvalue weighted by Crippen LogP contribution is 2.21. The van der Waals surface area contributed by atoms with Gasteiger partial charge in [0, 0.05) is 6.20 Å². The monoisotopic (exact) mass is 221 g/mol. The summed E-state index contributed by atoms with van der Waals surface area (Å²) >= 11 is 8.88. The highest BCUT2D eigenvalue weighted by molar-refractivity contribution is 9.10. The predicted octanol–water partition coefficient (Wildman–Crippen LogP) is 1.99. The minimum Gasteiger partial charge on any atom is -0.390 e. The second-order valence-electron chi connectivity index (χ2n) is 1.75. The molecule has 0 saturated heterocycles. The standard InChI is InChI=1S/C6H5BrClNO/c7-5-2-9-4(3-10)1-6(5)8/h1-2,10H,3H2. The van der Waals surface area contributed by atoms with E-state index in [-0.39, 0.29) is 6.61 Å². The van der Waals surface area contributed by atoms with Crippen LogP contribution in [0.2, 0.25) is 5.02 Å². The van der Waals surface area contributed by atoms with Crippen molar-refractivity contribution in [3.05, 3.63) is 27.5 Å². The maximum absolute atomic E-state index is 8.62. The normalized spacial score (nSPS) is 9.90. The SMILES string of the molecule is OCc1cc(Cl)c(Br)cn1. The van der Waals surface area contributed by atoms with Crippen LogP contribution in [0.15, 0.2) is 16.7 Å². The molecular formula is C6H5BrClNO. The van der Waals surface area contributed by atoms with Gasteiger partial charge in [-0.25, -0.2) is 0 Å². The van der Waals surface area contributed by atoms with Crippen LogP contribution < -0.4 is 0 Å². The fourth-order valence-electron chi connectivity index (χ4n) is 0.540. The van der Waals surface area contributed by atoms with E-state index in [0.717, 1.165) is 4.47 Å². The van der Waals surface area contributed by atoms with E-state index in [1.54, 1.807) is 12.3 Å². The Kier molecular flexibility index (Phi) is 2.65. The lowest BCUT2D eigenvalue weighted by molar-refractivity contribution is 0.277. The number of aliphatic hydroxyl groups excluding tert-OH is 1. The van der Waals surface area contributed by atoms with Crippen LogP contribution in [-0.4, -0.2) is 10.1 Å². The van der Waals surface area contributed by atoms with Gasteiger partial charge in [-0.3, -0.25) is 4.98 Å². The van der Waals surface area contributed by atoms with Gasteiger partial charge in [-0.05, 0) is 22.0 Å². The van der Waals surface area contributed by atoms with Crippen molar-refractivity contribution in [2.45, 2.75) is 6.61 Å². The third kappa shape index (κ3) is 1.68. The molecule has 1 aromatic rings. The van der Waals surface area contributed by atoms with Gasteiger partial charge in [-0.15, -0.1) is 0 Å². The molecule has 0 aliphatic rings. The molecule has 0 atom stereocenters. The Morgan fingerprint density at radius 2 is 2.40 bits per heavy atom. The molecule has 1 N–H and O–H groups in total. The molecule has 1 heterocycles. The van der Waals surface area contributed by atoms with Gasteiger partial charge >= 0.3 is 0 Å². The van der Waals surface area contributed by atoms with E-state index in [9.17, 15) is 0 Å². The zero-order chi connectivity index (χ0) is 7.56. The van der Waals surface area contributed by atoms with Gasteiger partial charge in [0.1, 0.15) is 0 Å². The van der Waals surface area contributed by atoms with E-state index >= 15 is 0 Å². The highest BCUT2D eigenvalue weighted by Gasteiger charge is 1.97. The van der Waals surface area contributed by atoms with Crippen molar-refractivity contribution in [2.75, 3.05) is 0 Å². The Balaban J connectivity index is 3.04. The lowest BCUT2D eigenvalue weighted by Gasteiger charge is -1.96. The predicted molar refractivity (Wildman–Crippen MR) is 42.9 cm³/mol. The Morgan fingerprint density at radius 1 is 1.70 bits per heavy atom. The van der Waals surface area contributed by atoms with Gasteiger partial charge in [0.05, 0.1) is 21.8 Å². The molecule has 2 nitrogen and oxygen atoms in total. The van der Waals surface area contributed by atoms with Crippen molar-refractivity contribution in [3.63, 3.8) is 0 Å². The summed E-state index contributed by atoms with van der Waals surface area (Å²) in [6.45, 7) is -0.0764. The van der Waals surface area contributed by atoms with E-state index in [1.165, 1.54) is 0 Å². The first-order valence-corrected chi connectivity index (χ1v) is 3.82. The molecule has 0 amide bonds. The molecule has 0 aromatic carbocycles. The molecule has 1 aromatic heterocycles. The quantitative estimate of drug-likeness (QED) is 0.788. The third-order valence-corrected chi connectivity index (χ3v) is 2.20. The molecule has 1 rings (SSSR count). The molecule has 54 valence electrons. The van der Waals surface area contributed by atoms with Crippen LogP contribution in [0, 0.1) is 0 Å². The number of pyridine rings is 1. The van der Waals surface area contributed by atoms with Crippen LogP contribution in [0.4, 0.5) is 0 Å². The zero-order valence-corrected chi connectivity index (χ0v) is 7.35. The second kappa shape index (κ2) is 3.32. The first-order valence-electron chi connectivity index (χ1n) is 2.65. The fourth-order valence-corrected chi connectivity index (χ4v) is 0.932. The van der Waals surface area contributed by atoms with Crippen LogP contribution in [0.1, 0.15) is 5.69 Å². The van der Waals surface area contributed by atoms with E-state index < -0.39 is 0 Å². The molecule has 10 heavy (non-hydrogen) atoms. The Hall–Kier alpha value is -0.120.